The molecule has 0 saturated carbocycles. The molecule has 2 aromatic carbocycles. The van der Waals surface area contributed by atoms with Gasteiger partial charge < -0.3 is 23.7 Å². The van der Waals surface area contributed by atoms with Crippen molar-refractivity contribution in [3.8, 4) is 11.5 Å². The monoisotopic (exact) mass is 562 g/mol. The van der Waals surface area contributed by atoms with Crippen molar-refractivity contribution in [2.24, 2.45) is 0 Å². The van der Waals surface area contributed by atoms with E-state index in [4.69, 9.17) is 13.9 Å². The molecule has 1 aromatic heterocycles. The number of hydrogen-bond donors (Lipinski definition) is 0. The molecule has 0 saturated heterocycles. The number of rotatable bonds is 17. The highest BCUT2D eigenvalue weighted by atomic mass is 16.5. The van der Waals surface area contributed by atoms with Gasteiger partial charge in [-0.05, 0) is 75.1 Å². The lowest BCUT2D eigenvalue weighted by molar-refractivity contribution is 0.0719. The van der Waals surface area contributed by atoms with E-state index in [-0.39, 0.29) is 17.1 Å². The first kappa shape index (κ1) is 30.6. The molecule has 7 heteroatoms. The highest BCUT2D eigenvalue weighted by molar-refractivity contribution is 5.99. The van der Waals surface area contributed by atoms with Gasteiger partial charge in [-0.1, -0.05) is 64.7 Å². The van der Waals surface area contributed by atoms with Crippen molar-refractivity contribution in [3.05, 3.63) is 69.6 Å². The Morgan fingerprint density at radius 3 is 2.27 bits per heavy atom. The molecule has 41 heavy (non-hydrogen) atoms. The van der Waals surface area contributed by atoms with Gasteiger partial charge in [0.05, 0.1) is 30.7 Å². The summed E-state index contributed by atoms with van der Waals surface area (Å²) in [7, 11) is 1.62. The third kappa shape index (κ3) is 7.13. The first-order chi connectivity index (χ1) is 20.0. The van der Waals surface area contributed by atoms with E-state index < -0.39 is 6.04 Å². The quantitative estimate of drug-likeness (QED) is 0.162. The summed E-state index contributed by atoms with van der Waals surface area (Å²) in [4.78, 5) is 32.0. The van der Waals surface area contributed by atoms with E-state index in [1.165, 1.54) is 0 Å². The number of fused-ring (bicyclic) bond motifs is 2. The van der Waals surface area contributed by atoms with Gasteiger partial charge in [0.2, 0.25) is 5.76 Å². The summed E-state index contributed by atoms with van der Waals surface area (Å²) in [6, 6.07) is 12.3. The average Bonchev–Trinajstić information content (AvgIpc) is 3.27. The van der Waals surface area contributed by atoms with Crippen LogP contribution in [-0.2, 0) is 0 Å². The zero-order chi connectivity index (χ0) is 29.2. The number of nitrogens with zero attached hydrogens (tertiary/aromatic N) is 2. The maximum absolute atomic E-state index is 13.8. The number of unbranched alkanes of at least 4 members (excludes halogenated alkanes) is 4. The minimum absolute atomic E-state index is 0.145. The summed E-state index contributed by atoms with van der Waals surface area (Å²) in [6.45, 7) is 10.8. The molecular formula is C34H46N2O5. The molecule has 1 amide bonds. The minimum atomic E-state index is -0.555. The highest BCUT2D eigenvalue weighted by Crippen LogP contribution is 2.41. The molecule has 0 fully saturated rings. The first-order valence-corrected chi connectivity index (χ1v) is 15.4. The largest absolute Gasteiger partial charge is 0.493 e. The van der Waals surface area contributed by atoms with Crippen LogP contribution in [0.15, 0.2) is 51.7 Å². The van der Waals surface area contributed by atoms with Gasteiger partial charge in [0.15, 0.2) is 16.9 Å². The summed E-state index contributed by atoms with van der Waals surface area (Å²) in [5, 5.41) is 0.485. The molecule has 0 spiro atoms. The Balaban J connectivity index is 1.67. The van der Waals surface area contributed by atoms with Crippen molar-refractivity contribution >= 4 is 16.9 Å². The number of ether oxygens (including phenoxy) is 2. The molecule has 1 aliphatic heterocycles. The third-order valence-electron chi connectivity index (χ3n) is 7.91. The van der Waals surface area contributed by atoms with Crippen molar-refractivity contribution in [1.82, 2.24) is 9.80 Å². The van der Waals surface area contributed by atoms with Gasteiger partial charge in [-0.15, -0.1) is 0 Å². The number of hydrogen-bond acceptors (Lipinski definition) is 6. The molecule has 0 aliphatic carbocycles. The van der Waals surface area contributed by atoms with Crippen LogP contribution < -0.4 is 14.9 Å². The molecule has 3 aromatic rings. The van der Waals surface area contributed by atoms with Gasteiger partial charge in [0.25, 0.3) is 5.91 Å². The smallest absolute Gasteiger partial charge is 0.290 e. The van der Waals surface area contributed by atoms with E-state index in [1.807, 2.05) is 35.2 Å². The van der Waals surface area contributed by atoms with Gasteiger partial charge in [-0.3, -0.25) is 9.59 Å². The van der Waals surface area contributed by atoms with Crippen LogP contribution in [0.2, 0.25) is 0 Å². The molecule has 222 valence electrons. The SMILES string of the molecule is CCCCCOc1ccc(C2c3c(oc4ccccc4c3=O)C(=O)N2CCCN(CCCC)CCCC)cc1OC. The lowest BCUT2D eigenvalue weighted by Gasteiger charge is -2.28. The molecular weight excluding hydrogens is 516 g/mol. The van der Waals surface area contributed by atoms with Gasteiger partial charge >= 0.3 is 0 Å². The second-order valence-electron chi connectivity index (χ2n) is 10.9. The molecule has 7 nitrogen and oxygen atoms in total. The zero-order valence-electron chi connectivity index (χ0n) is 25.2. The van der Waals surface area contributed by atoms with Crippen LogP contribution in [-0.4, -0.2) is 55.6 Å². The van der Waals surface area contributed by atoms with Crippen LogP contribution in [0, 0.1) is 0 Å². The molecule has 0 N–H and O–H groups in total. The van der Waals surface area contributed by atoms with Crippen LogP contribution in [0.3, 0.4) is 0 Å². The number of benzene rings is 2. The van der Waals surface area contributed by atoms with E-state index in [0.29, 0.717) is 41.2 Å². The van der Waals surface area contributed by atoms with Crippen molar-refractivity contribution in [3.63, 3.8) is 0 Å². The van der Waals surface area contributed by atoms with E-state index in [0.717, 1.165) is 76.6 Å². The molecule has 4 rings (SSSR count). The standard InChI is InChI=1S/C34H46N2O5/c1-5-8-13-23-40-28-18-17-25(24-29(28)39-4)31-30-32(37)26-15-11-12-16-27(26)41-33(30)34(38)36(31)22-14-21-35(19-9-6-2)20-10-7-3/h11-12,15-18,24,31H,5-10,13-14,19-23H2,1-4H3. The molecule has 2 heterocycles. The summed E-state index contributed by atoms with van der Waals surface area (Å²) in [6.07, 6.45) is 8.66. The van der Waals surface area contributed by atoms with Crippen molar-refractivity contribution in [2.45, 2.75) is 78.2 Å². The van der Waals surface area contributed by atoms with Crippen LogP contribution >= 0.6 is 0 Å². The van der Waals surface area contributed by atoms with Crippen LogP contribution in [0.25, 0.3) is 11.0 Å². The van der Waals surface area contributed by atoms with Gasteiger partial charge in [-0.2, -0.15) is 0 Å². The van der Waals surface area contributed by atoms with E-state index >= 15 is 0 Å². The fourth-order valence-electron chi connectivity index (χ4n) is 5.62. The van der Waals surface area contributed by atoms with Crippen LogP contribution in [0.1, 0.15) is 99.9 Å². The van der Waals surface area contributed by atoms with E-state index in [9.17, 15) is 9.59 Å². The summed E-state index contributed by atoms with van der Waals surface area (Å²) in [5.41, 5.74) is 1.49. The Morgan fingerprint density at radius 1 is 0.854 bits per heavy atom. The number of methoxy groups -OCH3 is 1. The fourth-order valence-corrected chi connectivity index (χ4v) is 5.62. The molecule has 0 radical (unpaired) electrons. The summed E-state index contributed by atoms with van der Waals surface area (Å²) < 4.78 is 17.8. The van der Waals surface area contributed by atoms with Crippen LogP contribution in [0.4, 0.5) is 0 Å². The number of amides is 1. The van der Waals surface area contributed by atoms with Gasteiger partial charge in [0.1, 0.15) is 5.58 Å². The van der Waals surface area contributed by atoms with Gasteiger partial charge in [0, 0.05) is 6.54 Å². The lowest BCUT2D eigenvalue weighted by atomic mass is 9.98. The zero-order valence-corrected chi connectivity index (χ0v) is 25.2. The van der Waals surface area contributed by atoms with E-state index in [1.54, 1.807) is 19.2 Å². The van der Waals surface area contributed by atoms with Crippen LogP contribution in [0.5, 0.6) is 11.5 Å². The molecule has 1 unspecified atom stereocenters. The molecule has 0 bridgehead atoms. The normalized spacial score (nSPS) is 14.7. The Bertz CT molecular complexity index is 1340. The highest BCUT2D eigenvalue weighted by Gasteiger charge is 2.42. The predicted molar refractivity (Wildman–Crippen MR) is 164 cm³/mol. The topological polar surface area (TPSA) is 72.2 Å². The Kier molecular flexibility index (Phi) is 11.3. The van der Waals surface area contributed by atoms with Gasteiger partial charge in [-0.25, -0.2) is 0 Å². The molecule has 1 aliphatic rings. The fraction of sp³-hybridized carbons (Fsp3) is 0.529. The maximum Gasteiger partial charge on any atom is 0.290 e. The maximum atomic E-state index is 13.8. The average molecular weight is 563 g/mol. The Hall–Kier alpha value is -3.32. The van der Waals surface area contributed by atoms with E-state index in [2.05, 4.69) is 25.7 Å². The predicted octanol–water partition coefficient (Wildman–Crippen LogP) is 7.21. The lowest BCUT2D eigenvalue weighted by Crippen LogP contribution is -2.34. The minimum Gasteiger partial charge on any atom is -0.493 e. The summed E-state index contributed by atoms with van der Waals surface area (Å²) >= 11 is 0. The first-order valence-electron chi connectivity index (χ1n) is 15.4. The van der Waals surface area contributed by atoms with Crippen molar-refractivity contribution in [1.29, 1.82) is 0 Å². The summed E-state index contributed by atoms with van der Waals surface area (Å²) in [5.74, 6) is 1.17. The van der Waals surface area contributed by atoms with Crippen molar-refractivity contribution < 1.29 is 18.7 Å². The Labute approximate surface area is 244 Å². The second kappa shape index (κ2) is 15.1. The molecule has 1 atom stereocenters. The number of para-hydroxylation sites is 1. The third-order valence-corrected chi connectivity index (χ3v) is 7.91. The van der Waals surface area contributed by atoms with Crippen molar-refractivity contribution in [2.75, 3.05) is 39.9 Å². The second-order valence-corrected chi connectivity index (χ2v) is 10.9. The number of carbonyl (C=O) groups is 1. The number of carbonyl (C=O) groups excluding carboxylic acids is 1. The Morgan fingerprint density at radius 2 is 1.56 bits per heavy atom.